The molecule has 2 N–H and O–H groups in total. The molecule has 0 fully saturated rings. The van der Waals surface area contributed by atoms with Crippen LogP contribution in [0.25, 0.3) is 0 Å². The highest BCUT2D eigenvalue weighted by Crippen LogP contribution is 2.31. The lowest BCUT2D eigenvalue weighted by molar-refractivity contribution is -0.123. The molecule has 0 unspecified atom stereocenters. The second-order valence-electron chi connectivity index (χ2n) is 7.55. The minimum Gasteiger partial charge on any atom is -0.491 e. The van der Waals surface area contributed by atoms with Gasteiger partial charge in [0.05, 0.1) is 11.1 Å². The van der Waals surface area contributed by atoms with Crippen LogP contribution in [-0.4, -0.2) is 38.7 Å². The van der Waals surface area contributed by atoms with Crippen LogP contribution in [0.5, 0.6) is 11.5 Å². The molecule has 0 spiro atoms. The minimum atomic E-state index is -0.477. The lowest BCUT2D eigenvalue weighted by Crippen LogP contribution is -2.43. The van der Waals surface area contributed by atoms with Crippen LogP contribution in [0.15, 0.2) is 46.9 Å². The molecule has 0 heterocycles. The number of hydrogen-bond acceptors (Lipinski definition) is 5. The third-order valence-electron chi connectivity index (χ3n) is 4.14. The molecule has 2 rings (SSSR count). The van der Waals surface area contributed by atoms with Crippen molar-refractivity contribution in [2.24, 2.45) is 0 Å². The number of amides is 2. The maximum absolute atomic E-state index is 12.1. The molecular weight excluding hydrogens is 452 g/mol. The highest BCUT2D eigenvalue weighted by Gasteiger charge is 2.16. The Morgan fingerprint density at radius 3 is 2.27 bits per heavy atom. The summed E-state index contributed by atoms with van der Waals surface area (Å²) in [5, 5.41) is 0. The summed E-state index contributed by atoms with van der Waals surface area (Å²) in [6.45, 7) is 7.02. The van der Waals surface area contributed by atoms with E-state index < -0.39 is 11.8 Å². The van der Waals surface area contributed by atoms with E-state index in [1.54, 1.807) is 31.4 Å². The van der Waals surface area contributed by atoms with E-state index in [4.69, 9.17) is 14.2 Å². The predicted octanol–water partition coefficient (Wildman–Crippen LogP) is 3.61. The summed E-state index contributed by atoms with van der Waals surface area (Å²) in [4.78, 5) is 24.1. The first-order chi connectivity index (χ1) is 14.2. The molecule has 7 nitrogen and oxygen atoms in total. The van der Waals surface area contributed by atoms with E-state index >= 15 is 0 Å². The van der Waals surface area contributed by atoms with Crippen molar-refractivity contribution in [1.29, 1.82) is 0 Å². The summed E-state index contributed by atoms with van der Waals surface area (Å²) < 4.78 is 16.6. The Morgan fingerprint density at radius 2 is 1.67 bits per heavy atom. The normalized spacial score (nSPS) is 11.0. The van der Waals surface area contributed by atoms with Gasteiger partial charge >= 0.3 is 0 Å². The molecule has 0 radical (unpaired) electrons. The number of methoxy groups -OCH3 is 1. The van der Waals surface area contributed by atoms with Gasteiger partial charge in [0.15, 0.2) is 6.61 Å². The van der Waals surface area contributed by atoms with Crippen molar-refractivity contribution in [2.45, 2.75) is 26.2 Å². The predicted molar refractivity (Wildman–Crippen MR) is 118 cm³/mol. The average molecular weight is 479 g/mol. The number of hydrogen-bond donors (Lipinski definition) is 2. The van der Waals surface area contributed by atoms with Gasteiger partial charge in [-0.15, -0.1) is 0 Å². The average Bonchev–Trinajstić information content (AvgIpc) is 2.71. The number of nitrogens with one attached hydrogen (secondary N) is 2. The lowest BCUT2D eigenvalue weighted by Gasteiger charge is -2.20. The van der Waals surface area contributed by atoms with Crippen LogP contribution in [0.1, 0.15) is 36.7 Å². The van der Waals surface area contributed by atoms with E-state index in [9.17, 15) is 9.59 Å². The SMILES string of the molecule is COCCOc1ccc(C(=O)NNC(=O)COc2ccc(C(C)(C)C)cc2Br)cc1. The van der Waals surface area contributed by atoms with E-state index in [-0.39, 0.29) is 12.0 Å². The highest BCUT2D eigenvalue weighted by molar-refractivity contribution is 9.10. The summed E-state index contributed by atoms with van der Waals surface area (Å²) in [6.07, 6.45) is 0. The minimum absolute atomic E-state index is 0.0109. The summed E-state index contributed by atoms with van der Waals surface area (Å²) in [7, 11) is 1.59. The van der Waals surface area contributed by atoms with Crippen molar-refractivity contribution in [2.75, 3.05) is 26.9 Å². The summed E-state index contributed by atoms with van der Waals surface area (Å²) in [5.41, 5.74) is 6.24. The summed E-state index contributed by atoms with van der Waals surface area (Å²) >= 11 is 3.46. The molecule has 0 aliphatic carbocycles. The van der Waals surface area contributed by atoms with E-state index in [1.807, 2.05) is 18.2 Å². The molecule has 0 bridgehead atoms. The number of carbonyl (C=O) groups is 2. The van der Waals surface area contributed by atoms with E-state index in [1.165, 1.54) is 0 Å². The second kappa shape index (κ2) is 11.0. The zero-order chi connectivity index (χ0) is 22.1. The number of rotatable bonds is 8. The number of halogens is 1. The molecule has 2 aromatic rings. The van der Waals surface area contributed by atoms with Gasteiger partial charge in [0.25, 0.3) is 11.8 Å². The van der Waals surface area contributed by atoms with Gasteiger partial charge in [-0.2, -0.15) is 0 Å². The highest BCUT2D eigenvalue weighted by atomic mass is 79.9. The van der Waals surface area contributed by atoms with E-state index in [0.29, 0.717) is 30.3 Å². The van der Waals surface area contributed by atoms with Crippen molar-refractivity contribution in [3.63, 3.8) is 0 Å². The Kier molecular flexibility index (Phi) is 8.68. The Bertz CT molecular complexity index is 863. The molecule has 2 amide bonds. The molecule has 2 aromatic carbocycles. The van der Waals surface area contributed by atoms with Crippen LogP contribution in [0.3, 0.4) is 0 Å². The molecule has 0 saturated carbocycles. The summed E-state index contributed by atoms with van der Waals surface area (Å²) in [5.74, 6) is 0.259. The Labute approximate surface area is 185 Å². The lowest BCUT2D eigenvalue weighted by atomic mass is 9.87. The number of benzene rings is 2. The fraction of sp³-hybridized carbons (Fsp3) is 0.364. The van der Waals surface area contributed by atoms with Gasteiger partial charge in [-0.25, -0.2) is 0 Å². The molecule has 8 heteroatoms. The number of ether oxygens (including phenoxy) is 3. The van der Waals surface area contributed by atoms with Crippen LogP contribution in [0, 0.1) is 0 Å². The largest absolute Gasteiger partial charge is 0.491 e. The zero-order valence-corrected chi connectivity index (χ0v) is 19.2. The second-order valence-corrected chi connectivity index (χ2v) is 8.41. The van der Waals surface area contributed by atoms with Gasteiger partial charge in [-0.3, -0.25) is 20.4 Å². The third-order valence-corrected chi connectivity index (χ3v) is 4.76. The first-order valence-corrected chi connectivity index (χ1v) is 10.2. The smallest absolute Gasteiger partial charge is 0.276 e. The maximum Gasteiger partial charge on any atom is 0.276 e. The van der Waals surface area contributed by atoms with Crippen molar-refractivity contribution in [1.82, 2.24) is 10.9 Å². The fourth-order valence-electron chi connectivity index (χ4n) is 2.41. The number of carbonyl (C=O) groups excluding carboxylic acids is 2. The van der Waals surface area contributed by atoms with Crippen LogP contribution >= 0.6 is 15.9 Å². The van der Waals surface area contributed by atoms with Crippen molar-refractivity contribution >= 4 is 27.7 Å². The Hall–Kier alpha value is -2.58. The van der Waals surface area contributed by atoms with Gasteiger partial charge in [-0.05, 0) is 63.3 Å². The standard InChI is InChI=1S/C22H27BrN2O5/c1-22(2,3)16-7-10-19(18(23)13-16)30-14-20(26)24-25-21(27)15-5-8-17(9-6-15)29-12-11-28-4/h5-10,13H,11-12,14H2,1-4H3,(H,24,26)(H,25,27). The van der Waals surface area contributed by atoms with Crippen LogP contribution in [-0.2, 0) is 14.9 Å². The maximum atomic E-state index is 12.1. The molecule has 0 atom stereocenters. The molecule has 0 aliphatic heterocycles. The molecular formula is C22H27BrN2O5. The van der Waals surface area contributed by atoms with Crippen molar-refractivity contribution in [3.05, 3.63) is 58.1 Å². The third kappa shape index (κ3) is 7.35. The number of hydrazine groups is 1. The van der Waals surface area contributed by atoms with Gasteiger partial charge < -0.3 is 14.2 Å². The first-order valence-electron chi connectivity index (χ1n) is 9.44. The fourth-order valence-corrected chi connectivity index (χ4v) is 2.90. The van der Waals surface area contributed by atoms with Crippen LogP contribution in [0.4, 0.5) is 0 Å². The van der Waals surface area contributed by atoms with Crippen molar-refractivity contribution in [3.8, 4) is 11.5 Å². The van der Waals surface area contributed by atoms with Gasteiger partial charge in [0.2, 0.25) is 0 Å². The van der Waals surface area contributed by atoms with Crippen LogP contribution in [0.2, 0.25) is 0 Å². The molecule has 162 valence electrons. The summed E-state index contributed by atoms with van der Waals surface area (Å²) in [6, 6.07) is 12.3. The van der Waals surface area contributed by atoms with Gasteiger partial charge in [-0.1, -0.05) is 26.8 Å². The molecule has 30 heavy (non-hydrogen) atoms. The van der Waals surface area contributed by atoms with Crippen molar-refractivity contribution < 1.29 is 23.8 Å². The van der Waals surface area contributed by atoms with Crippen LogP contribution < -0.4 is 20.3 Å². The molecule has 0 aliphatic rings. The monoisotopic (exact) mass is 478 g/mol. The van der Waals surface area contributed by atoms with Gasteiger partial charge in [0.1, 0.15) is 18.1 Å². The molecule has 0 saturated heterocycles. The van der Waals surface area contributed by atoms with E-state index in [0.717, 1.165) is 10.0 Å². The van der Waals surface area contributed by atoms with Gasteiger partial charge in [0, 0.05) is 12.7 Å². The first kappa shape index (κ1) is 23.7. The Balaban J connectivity index is 1.79. The quantitative estimate of drug-likeness (QED) is 0.447. The zero-order valence-electron chi connectivity index (χ0n) is 17.6. The topological polar surface area (TPSA) is 85.9 Å². The molecule has 0 aromatic heterocycles. The Morgan fingerprint density at radius 1 is 0.967 bits per heavy atom. The van der Waals surface area contributed by atoms with E-state index in [2.05, 4.69) is 47.6 Å².